The minimum atomic E-state index is -0.631. The molecule has 184 valence electrons. The van der Waals surface area contributed by atoms with Gasteiger partial charge in [0.05, 0.1) is 7.11 Å². The van der Waals surface area contributed by atoms with Crippen molar-refractivity contribution in [2.75, 3.05) is 30.4 Å². The van der Waals surface area contributed by atoms with Gasteiger partial charge in [0.2, 0.25) is 5.91 Å². The molecule has 2 N–H and O–H groups in total. The van der Waals surface area contributed by atoms with Crippen LogP contribution in [0.1, 0.15) is 51.2 Å². The van der Waals surface area contributed by atoms with E-state index in [1.165, 1.54) is 5.56 Å². The van der Waals surface area contributed by atoms with Crippen LogP contribution < -0.4 is 20.3 Å². The predicted molar refractivity (Wildman–Crippen MR) is 136 cm³/mol. The van der Waals surface area contributed by atoms with Gasteiger partial charge in [0.25, 0.3) is 5.91 Å². The predicted octanol–water partition coefficient (Wildman–Crippen LogP) is 4.34. The first-order valence-corrected chi connectivity index (χ1v) is 11.8. The molecule has 2 aliphatic rings. The lowest BCUT2D eigenvalue weighted by atomic mass is 9.79. The highest BCUT2D eigenvalue weighted by atomic mass is 16.5. The summed E-state index contributed by atoms with van der Waals surface area (Å²) < 4.78 is 5.66. The van der Waals surface area contributed by atoms with Gasteiger partial charge in [-0.2, -0.15) is 0 Å². The highest BCUT2D eigenvalue weighted by molar-refractivity contribution is 6.16. The maximum Gasteiger partial charge on any atom is 0.329 e. The summed E-state index contributed by atoms with van der Waals surface area (Å²) in [5.41, 5.74) is 3.72. The number of nitrogens with zero attached hydrogens (tertiary/aromatic N) is 2. The number of amides is 4. The molecule has 2 aromatic rings. The van der Waals surface area contributed by atoms with E-state index >= 15 is 0 Å². The molecule has 2 aromatic carbocycles. The summed E-state index contributed by atoms with van der Waals surface area (Å²) in [6.45, 7) is 9.31. The third-order valence-corrected chi connectivity index (χ3v) is 6.67. The number of urea groups is 1. The van der Waals surface area contributed by atoms with Gasteiger partial charge >= 0.3 is 6.03 Å². The molecule has 4 amide bonds. The van der Waals surface area contributed by atoms with Gasteiger partial charge in [0, 0.05) is 35.1 Å². The van der Waals surface area contributed by atoms with Gasteiger partial charge < -0.3 is 20.3 Å². The van der Waals surface area contributed by atoms with E-state index < -0.39 is 17.8 Å². The topological polar surface area (TPSA) is 91.0 Å². The van der Waals surface area contributed by atoms with Gasteiger partial charge in [-0.05, 0) is 62.9 Å². The Labute approximate surface area is 205 Å². The number of para-hydroxylation sites is 1. The van der Waals surface area contributed by atoms with Crippen LogP contribution in [0.15, 0.2) is 48.2 Å². The summed E-state index contributed by atoms with van der Waals surface area (Å²) in [6.07, 6.45) is 2.62. The maximum atomic E-state index is 13.0. The Morgan fingerprint density at radius 1 is 1.23 bits per heavy atom. The number of carbonyl (C=O) groups excluding carboxylic acids is 3. The second-order valence-electron chi connectivity index (χ2n) is 9.61. The van der Waals surface area contributed by atoms with E-state index in [0.717, 1.165) is 23.6 Å². The van der Waals surface area contributed by atoms with E-state index in [1.807, 2.05) is 18.2 Å². The van der Waals surface area contributed by atoms with Crippen LogP contribution in [-0.4, -0.2) is 48.5 Å². The maximum absolute atomic E-state index is 13.0. The average Bonchev–Trinajstić information content (AvgIpc) is 3.06. The molecule has 0 radical (unpaired) electrons. The molecule has 0 saturated carbocycles. The first-order valence-electron chi connectivity index (χ1n) is 11.8. The van der Waals surface area contributed by atoms with Crippen molar-refractivity contribution in [2.45, 2.75) is 45.6 Å². The number of hydrogen-bond donors (Lipinski definition) is 2. The molecule has 1 atom stereocenters. The number of fused-ring (bicyclic) bond motifs is 1. The summed E-state index contributed by atoms with van der Waals surface area (Å²) in [7, 11) is 1.59. The molecule has 0 bridgehead atoms. The summed E-state index contributed by atoms with van der Waals surface area (Å²) in [6, 6.07) is 12.3. The minimum Gasteiger partial charge on any atom is -0.496 e. The number of anilines is 2. The van der Waals surface area contributed by atoms with Gasteiger partial charge in [0.1, 0.15) is 18.0 Å². The van der Waals surface area contributed by atoms with Crippen molar-refractivity contribution in [1.82, 2.24) is 10.2 Å². The number of methoxy groups -OCH3 is 1. The highest BCUT2D eigenvalue weighted by Gasteiger charge is 2.37. The van der Waals surface area contributed by atoms with Crippen LogP contribution in [0.3, 0.4) is 0 Å². The van der Waals surface area contributed by atoms with E-state index in [2.05, 4.69) is 43.2 Å². The molecule has 1 fully saturated rings. The fraction of sp³-hybridized carbons (Fsp3) is 0.370. The third-order valence-electron chi connectivity index (χ3n) is 6.67. The average molecular weight is 477 g/mol. The first-order chi connectivity index (χ1) is 16.6. The Kier molecular flexibility index (Phi) is 6.56. The quantitative estimate of drug-likeness (QED) is 0.478. The zero-order valence-electron chi connectivity index (χ0n) is 20.8. The standard InChI is InChI=1S/C27H32N4O4/c1-6-31-22-14-23(35-5)18(12-20(22)17(2)15-27(31,3)4)13-21-25(33)30(26(34)29-21)16-24(32)28-19-10-8-7-9-11-19/h7-14,17H,6,15-16H2,1-5H3,(H,28,32)(H,29,34)/b21-13+. The monoisotopic (exact) mass is 476 g/mol. The van der Waals surface area contributed by atoms with Crippen LogP contribution >= 0.6 is 0 Å². The molecular weight excluding hydrogens is 444 g/mol. The van der Waals surface area contributed by atoms with Gasteiger partial charge in [-0.3, -0.25) is 9.59 Å². The number of rotatable bonds is 6. The van der Waals surface area contributed by atoms with E-state index in [9.17, 15) is 14.4 Å². The molecule has 2 aliphatic heterocycles. The summed E-state index contributed by atoms with van der Waals surface area (Å²) in [4.78, 5) is 41.2. The molecular formula is C27H32N4O4. The van der Waals surface area contributed by atoms with Crippen LogP contribution in [0, 0.1) is 0 Å². The number of benzene rings is 2. The largest absolute Gasteiger partial charge is 0.496 e. The summed E-state index contributed by atoms with van der Waals surface area (Å²) >= 11 is 0. The van der Waals surface area contributed by atoms with E-state index in [-0.39, 0.29) is 17.8 Å². The van der Waals surface area contributed by atoms with Gasteiger partial charge in [0.15, 0.2) is 0 Å². The molecule has 35 heavy (non-hydrogen) atoms. The molecule has 0 spiro atoms. The van der Waals surface area contributed by atoms with Crippen molar-refractivity contribution < 1.29 is 19.1 Å². The van der Waals surface area contributed by atoms with Crippen LogP contribution in [0.25, 0.3) is 6.08 Å². The van der Waals surface area contributed by atoms with Crippen molar-refractivity contribution in [1.29, 1.82) is 0 Å². The van der Waals surface area contributed by atoms with Crippen molar-refractivity contribution in [3.8, 4) is 5.75 Å². The van der Waals surface area contributed by atoms with Crippen molar-refractivity contribution in [3.63, 3.8) is 0 Å². The molecule has 1 saturated heterocycles. The van der Waals surface area contributed by atoms with Gasteiger partial charge in [-0.25, -0.2) is 9.69 Å². The molecule has 0 aromatic heterocycles. The van der Waals surface area contributed by atoms with Gasteiger partial charge in [-0.15, -0.1) is 0 Å². The lowest BCUT2D eigenvalue weighted by molar-refractivity contribution is -0.127. The van der Waals surface area contributed by atoms with E-state index in [4.69, 9.17) is 4.74 Å². The van der Waals surface area contributed by atoms with Crippen LogP contribution in [0.4, 0.5) is 16.2 Å². The normalized spacial score (nSPS) is 20.0. The summed E-state index contributed by atoms with van der Waals surface area (Å²) in [5, 5.41) is 5.29. The van der Waals surface area contributed by atoms with Crippen molar-refractivity contribution >= 4 is 35.3 Å². The third kappa shape index (κ3) is 4.73. The molecule has 1 unspecified atom stereocenters. The number of carbonyl (C=O) groups is 3. The molecule has 0 aliphatic carbocycles. The number of nitrogens with one attached hydrogen (secondary N) is 2. The Bertz CT molecular complexity index is 1190. The fourth-order valence-corrected chi connectivity index (χ4v) is 5.15. The van der Waals surface area contributed by atoms with Gasteiger partial charge in [-0.1, -0.05) is 25.1 Å². The zero-order valence-corrected chi connectivity index (χ0v) is 20.8. The lowest BCUT2D eigenvalue weighted by Gasteiger charge is -2.47. The number of hydrogen-bond acceptors (Lipinski definition) is 5. The smallest absolute Gasteiger partial charge is 0.329 e. The highest BCUT2D eigenvalue weighted by Crippen LogP contribution is 2.46. The Morgan fingerprint density at radius 3 is 2.60 bits per heavy atom. The molecule has 2 heterocycles. The molecule has 8 heteroatoms. The molecule has 4 rings (SSSR count). The fourth-order valence-electron chi connectivity index (χ4n) is 5.15. The van der Waals surface area contributed by atoms with Crippen LogP contribution in [0.2, 0.25) is 0 Å². The van der Waals surface area contributed by atoms with Crippen LogP contribution in [0.5, 0.6) is 5.75 Å². The minimum absolute atomic E-state index is 0.0162. The number of ether oxygens (including phenoxy) is 1. The number of imide groups is 1. The van der Waals surface area contributed by atoms with Crippen LogP contribution in [-0.2, 0) is 9.59 Å². The zero-order chi connectivity index (χ0) is 25.3. The Balaban J connectivity index is 1.60. The van der Waals surface area contributed by atoms with E-state index in [0.29, 0.717) is 22.9 Å². The molecule has 8 nitrogen and oxygen atoms in total. The lowest BCUT2D eigenvalue weighted by Crippen LogP contribution is -2.48. The van der Waals surface area contributed by atoms with Crippen molar-refractivity contribution in [2.24, 2.45) is 0 Å². The Hall–Kier alpha value is -3.81. The second-order valence-corrected chi connectivity index (χ2v) is 9.61. The summed E-state index contributed by atoms with van der Waals surface area (Å²) in [5.74, 6) is -0.0782. The van der Waals surface area contributed by atoms with E-state index in [1.54, 1.807) is 37.5 Å². The second kappa shape index (κ2) is 9.44. The SMILES string of the molecule is CCN1c2cc(OC)c(/C=C3/NC(=O)N(CC(=O)Nc4ccccc4)C3=O)cc2C(C)CC1(C)C. The Morgan fingerprint density at radius 2 is 1.94 bits per heavy atom. The van der Waals surface area contributed by atoms with Crippen molar-refractivity contribution in [3.05, 3.63) is 59.3 Å². The first kappa shape index (κ1) is 24.3.